The van der Waals surface area contributed by atoms with Crippen molar-refractivity contribution in [2.24, 2.45) is 0 Å². The summed E-state index contributed by atoms with van der Waals surface area (Å²) >= 11 is 1.66. The summed E-state index contributed by atoms with van der Waals surface area (Å²) in [6.45, 7) is 4.72. The summed E-state index contributed by atoms with van der Waals surface area (Å²) in [5, 5.41) is 2.01. The first kappa shape index (κ1) is 23.9. The molecule has 36 heavy (non-hydrogen) atoms. The summed E-state index contributed by atoms with van der Waals surface area (Å²) in [5.74, 6) is 0.791. The van der Waals surface area contributed by atoms with Gasteiger partial charge in [-0.25, -0.2) is 4.39 Å². The molecule has 0 saturated carbocycles. The minimum atomic E-state index is -0.341. The molecule has 0 N–H and O–H groups in total. The van der Waals surface area contributed by atoms with E-state index in [1.54, 1.807) is 52.6 Å². The number of hydrogen-bond donors (Lipinski definition) is 0. The molecule has 7 nitrogen and oxygen atoms in total. The molecule has 3 aromatic rings. The molecule has 0 radical (unpaired) electrons. The van der Waals surface area contributed by atoms with Crippen molar-refractivity contribution in [1.82, 2.24) is 9.80 Å². The second-order valence-electron chi connectivity index (χ2n) is 8.46. The van der Waals surface area contributed by atoms with E-state index in [0.29, 0.717) is 29.4 Å². The zero-order valence-electron chi connectivity index (χ0n) is 19.5. The highest BCUT2D eigenvalue weighted by Gasteiger charge is 2.33. The quantitative estimate of drug-likeness (QED) is 0.421. The van der Waals surface area contributed by atoms with Gasteiger partial charge in [-0.1, -0.05) is 6.08 Å². The Labute approximate surface area is 212 Å². The topological polar surface area (TPSA) is 68.3 Å². The van der Waals surface area contributed by atoms with Gasteiger partial charge in [0.15, 0.2) is 11.5 Å². The third-order valence-electron chi connectivity index (χ3n) is 6.22. The second kappa shape index (κ2) is 10.4. The zero-order valence-corrected chi connectivity index (χ0v) is 20.3. The lowest BCUT2D eigenvalue weighted by Gasteiger charge is -2.37. The molecule has 1 atom stereocenters. The average molecular weight is 509 g/mol. The summed E-state index contributed by atoms with van der Waals surface area (Å²) in [4.78, 5) is 31.3. The highest BCUT2D eigenvalue weighted by Crippen LogP contribution is 2.35. The fraction of sp³-hybridized carbons (Fsp3) is 0.259. The van der Waals surface area contributed by atoms with E-state index >= 15 is 0 Å². The molecule has 0 aliphatic carbocycles. The Hall–Kier alpha value is -3.85. The van der Waals surface area contributed by atoms with Gasteiger partial charge < -0.3 is 24.0 Å². The standard InChI is InChI=1S/C27H25FN2O5S/c1-2-11-29(27(32)18-3-8-23-24(14-18)35-17-34-23)15-26(31)30-12-9-25-21(10-13-36-25)22(30)16-33-20-6-4-19(28)5-7-20/h2-8,10,13-14,22H,1,9,11-12,15-17H2/t22-/m0/s1. The lowest BCUT2D eigenvalue weighted by atomic mass is 10.0. The Morgan fingerprint density at radius 2 is 1.97 bits per heavy atom. The van der Waals surface area contributed by atoms with Crippen molar-refractivity contribution in [3.05, 3.63) is 88.4 Å². The van der Waals surface area contributed by atoms with Gasteiger partial charge in [-0.05, 0) is 65.9 Å². The van der Waals surface area contributed by atoms with Crippen LogP contribution in [-0.4, -0.2) is 54.6 Å². The first-order chi connectivity index (χ1) is 17.5. The number of nitrogens with zero attached hydrogens (tertiary/aromatic N) is 2. The zero-order chi connectivity index (χ0) is 25.1. The van der Waals surface area contributed by atoms with Crippen LogP contribution in [0.4, 0.5) is 4.39 Å². The molecule has 2 aliphatic rings. The van der Waals surface area contributed by atoms with E-state index in [1.807, 2.05) is 11.4 Å². The average Bonchev–Trinajstić information content (AvgIpc) is 3.56. The van der Waals surface area contributed by atoms with E-state index in [2.05, 4.69) is 6.58 Å². The van der Waals surface area contributed by atoms with E-state index in [-0.39, 0.29) is 50.2 Å². The summed E-state index contributed by atoms with van der Waals surface area (Å²) in [5.41, 5.74) is 1.45. The van der Waals surface area contributed by atoms with Crippen LogP contribution < -0.4 is 14.2 Å². The number of ether oxygens (including phenoxy) is 3. The lowest BCUT2D eigenvalue weighted by Crippen LogP contribution is -2.47. The predicted octanol–water partition coefficient (Wildman–Crippen LogP) is 4.45. The molecule has 0 unspecified atom stereocenters. The Morgan fingerprint density at radius 3 is 2.78 bits per heavy atom. The van der Waals surface area contributed by atoms with Gasteiger partial charge in [-0.2, -0.15) is 0 Å². The number of carbonyl (C=O) groups is 2. The smallest absolute Gasteiger partial charge is 0.254 e. The normalized spacial score (nSPS) is 15.8. The second-order valence-corrected chi connectivity index (χ2v) is 9.46. The Bertz CT molecular complexity index is 1280. The summed E-state index contributed by atoms with van der Waals surface area (Å²) < 4.78 is 29.9. The van der Waals surface area contributed by atoms with E-state index in [4.69, 9.17) is 14.2 Å². The van der Waals surface area contributed by atoms with Crippen LogP contribution in [0.3, 0.4) is 0 Å². The monoisotopic (exact) mass is 508 g/mol. The minimum Gasteiger partial charge on any atom is -0.491 e. The van der Waals surface area contributed by atoms with Crippen molar-refractivity contribution >= 4 is 23.2 Å². The number of halogens is 1. The molecular formula is C27H25FN2O5S. The van der Waals surface area contributed by atoms with Crippen molar-refractivity contribution in [1.29, 1.82) is 0 Å². The van der Waals surface area contributed by atoms with Gasteiger partial charge in [0.1, 0.15) is 24.7 Å². The van der Waals surface area contributed by atoms with Gasteiger partial charge in [0.2, 0.25) is 12.7 Å². The van der Waals surface area contributed by atoms with Crippen molar-refractivity contribution in [2.45, 2.75) is 12.5 Å². The molecule has 0 saturated heterocycles. The van der Waals surface area contributed by atoms with Crippen LogP contribution in [0.5, 0.6) is 17.2 Å². The predicted molar refractivity (Wildman–Crippen MR) is 133 cm³/mol. The Balaban J connectivity index is 1.33. The number of hydrogen-bond acceptors (Lipinski definition) is 6. The van der Waals surface area contributed by atoms with Gasteiger partial charge in [0, 0.05) is 23.5 Å². The van der Waals surface area contributed by atoms with Gasteiger partial charge in [-0.15, -0.1) is 17.9 Å². The Kier molecular flexibility index (Phi) is 6.90. The minimum absolute atomic E-state index is 0.105. The van der Waals surface area contributed by atoms with E-state index in [9.17, 15) is 14.0 Å². The fourth-order valence-corrected chi connectivity index (χ4v) is 5.35. The third-order valence-corrected chi connectivity index (χ3v) is 7.22. The SMILES string of the molecule is C=CCN(CC(=O)N1CCc2sccc2[C@@H]1COc1ccc(F)cc1)C(=O)c1ccc2c(c1)OCO2. The van der Waals surface area contributed by atoms with Crippen molar-refractivity contribution in [3.8, 4) is 17.2 Å². The molecule has 9 heteroatoms. The molecule has 1 aromatic heterocycles. The summed E-state index contributed by atoms with van der Waals surface area (Å²) in [7, 11) is 0. The lowest BCUT2D eigenvalue weighted by molar-refractivity contribution is -0.135. The molecule has 0 bridgehead atoms. The molecule has 3 heterocycles. The van der Waals surface area contributed by atoms with Crippen LogP contribution >= 0.6 is 11.3 Å². The van der Waals surface area contributed by atoms with Gasteiger partial charge >= 0.3 is 0 Å². The van der Waals surface area contributed by atoms with Crippen LogP contribution in [0, 0.1) is 5.82 Å². The van der Waals surface area contributed by atoms with E-state index in [0.717, 1.165) is 12.0 Å². The van der Waals surface area contributed by atoms with Crippen molar-refractivity contribution < 1.29 is 28.2 Å². The van der Waals surface area contributed by atoms with Crippen LogP contribution in [0.15, 0.2) is 66.6 Å². The molecule has 0 spiro atoms. The molecule has 5 rings (SSSR count). The van der Waals surface area contributed by atoms with Crippen molar-refractivity contribution in [3.63, 3.8) is 0 Å². The number of carbonyl (C=O) groups excluding carboxylic acids is 2. The van der Waals surface area contributed by atoms with Gasteiger partial charge in [-0.3, -0.25) is 9.59 Å². The van der Waals surface area contributed by atoms with Gasteiger partial charge in [0.05, 0.1) is 6.04 Å². The Morgan fingerprint density at radius 1 is 1.17 bits per heavy atom. The van der Waals surface area contributed by atoms with Gasteiger partial charge in [0.25, 0.3) is 5.91 Å². The number of thiophene rings is 1. The molecule has 186 valence electrons. The summed E-state index contributed by atoms with van der Waals surface area (Å²) in [6.07, 6.45) is 2.34. The summed E-state index contributed by atoms with van der Waals surface area (Å²) in [6, 6.07) is 12.5. The number of amides is 2. The molecule has 2 amide bonds. The maximum Gasteiger partial charge on any atom is 0.254 e. The van der Waals surface area contributed by atoms with Crippen molar-refractivity contribution in [2.75, 3.05) is 33.0 Å². The molecule has 0 fully saturated rings. The first-order valence-electron chi connectivity index (χ1n) is 11.6. The first-order valence-corrected chi connectivity index (χ1v) is 12.5. The number of benzene rings is 2. The van der Waals surface area contributed by atoms with Crippen LogP contribution in [0.2, 0.25) is 0 Å². The van der Waals surface area contributed by atoms with E-state index in [1.165, 1.54) is 21.9 Å². The van der Waals surface area contributed by atoms with E-state index < -0.39 is 0 Å². The number of fused-ring (bicyclic) bond motifs is 2. The fourth-order valence-electron chi connectivity index (χ4n) is 4.42. The molecule has 2 aromatic carbocycles. The highest BCUT2D eigenvalue weighted by atomic mass is 32.1. The maximum absolute atomic E-state index is 13.6. The van der Waals surface area contributed by atoms with Crippen LogP contribution in [-0.2, 0) is 11.2 Å². The third kappa shape index (κ3) is 4.92. The highest BCUT2D eigenvalue weighted by molar-refractivity contribution is 7.10. The molecule has 2 aliphatic heterocycles. The molecular weight excluding hydrogens is 483 g/mol. The van der Waals surface area contributed by atoms with Crippen LogP contribution in [0.1, 0.15) is 26.8 Å². The van der Waals surface area contributed by atoms with Crippen LogP contribution in [0.25, 0.3) is 0 Å². The maximum atomic E-state index is 13.6. The number of rotatable bonds is 8. The largest absolute Gasteiger partial charge is 0.491 e.